The third-order valence-corrected chi connectivity index (χ3v) is 4.32. The summed E-state index contributed by atoms with van der Waals surface area (Å²) >= 11 is 0. The van der Waals surface area contributed by atoms with E-state index in [0.717, 1.165) is 5.82 Å². The number of aromatic nitrogens is 3. The topological polar surface area (TPSA) is 66.0 Å². The smallest absolute Gasteiger partial charge is 0.143 e. The van der Waals surface area contributed by atoms with Gasteiger partial charge in [0.15, 0.2) is 0 Å². The van der Waals surface area contributed by atoms with E-state index in [0.29, 0.717) is 19.3 Å². The van der Waals surface area contributed by atoms with Crippen LogP contribution in [0.5, 0.6) is 0 Å². The lowest BCUT2D eigenvalue weighted by Gasteiger charge is -2.28. The Morgan fingerprint density at radius 3 is 2.88 bits per heavy atom. The van der Waals surface area contributed by atoms with Crippen molar-refractivity contribution < 1.29 is 4.74 Å². The molecule has 2 fully saturated rings. The molecular formula is C12H20N4O. The van der Waals surface area contributed by atoms with Gasteiger partial charge in [-0.05, 0) is 19.8 Å². The van der Waals surface area contributed by atoms with Crippen molar-refractivity contribution in [3.63, 3.8) is 0 Å². The molecule has 2 unspecified atom stereocenters. The van der Waals surface area contributed by atoms with Crippen molar-refractivity contribution in [1.82, 2.24) is 14.8 Å². The van der Waals surface area contributed by atoms with Crippen LogP contribution in [0.4, 0.5) is 0 Å². The molecule has 3 rings (SSSR count). The van der Waals surface area contributed by atoms with E-state index in [1.165, 1.54) is 25.7 Å². The van der Waals surface area contributed by atoms with Gasteiger partial charge in [0.05, 0.1) is 18.6 Å². The fraction of sp³-hybridized carbons (Fsp3) is 0.833. The standard InChI is InChI=1S/C12H20N4O/c1-12(7-17-6-10(12)13)11-15-14-8-16(11)9-4-2-3-5-9/h8-10H,2-7,13H2,1H3. The summed E-state index contributed by atoms with van der Waals surface area (Å²) in [4.78, 5) is 0. The molecule has 1 aliphatic heterocycles. The van der Waals surface area contributed by atoms with E-state index in [4.69, 9.17) is 10.5 Å². The largest absolute Gasteiger partial charge is 0.379 e. The second-order valence-electron chi connectivity index (χ2n) is 5.54. The second-order valence-corrected chi connectivity index (χ2v) is 5.54. The van der Waals surface area contributed by atoms with Crippen LogP contribution in [0.2, 0.25) is 0 Å². The van der Waals surface area contributed by atoms with Crippen LogP contribution in [-0.2, 0) is 10.2 Å². The zero-order valence-corrected chi connectivity index (χ0v) is 10.3. The number of ether oxygens (including phenoxy) is 1. The summed E-state index contributed by atoms with van der Waals surface area (Å²) in [7, 11) is 0. The Kier molecular flexibility index (Phi) is 2.67. The molecule has 5 heteroatoms. The summed E-state index contributed by atoms with van der Waals surface area (Å²) in [6, 6.07) is 0.580. The highest BCUT2D eigenvalue weighted by Crippen LogP contribution is 2.36. The molecule has 1 aromatic rings. The molecule has 17 heavy (non-hydrogen) atoms. The summed E-state index contributed by atoms with van der Waals surface area (Å²) in [5.41, 5.74) is 5.98. The van der Waals surface area contributed by atoms with Gasteiger partial charge in [-0.1, -0.05) is 12.8 Å². The van der Waals surface area contributed by atoms with Gasteiger partial charge < -0.3 is 15.0 Å². The molecule has 2 N–H and O–H groups in total. The van der Waals surface area contributed by atoms with E-state index < -0.39 is 0 Å². The van der Waals surface area contributed by atoms with Crippen LogP contribution in [-0.4, -0.2) is 34.0 Å². The molecule has 0 amide bonds. The summed E-state index contributed by atoms with van der Waals surface area (Å²) in [6.07, 6.45) is 6.94. The Morgan fingerprint density at radius 1 is 1.47 bits per heavy atom. The highest BCUT2D eigenvalue weighted by Gasteiger charge is 2.43. The molecule has 0 radical (unpaired) electrons. The van der Waals surface area contributed by atoms with E-state index in [1.807, 2.05) is 6.33 Å². The number of hydrogen-bond donors (Lipinski definition) is 1. The maximum atomic E-state index is 6.17. The van der Waals surface area contributed by atoms with Crippen molar-refractivity contribution in [3.8, 4) is 0 Å². The fourth-order valence-electron chi connectivity index (χ4n) is 3.02. The minimum atomic E-state index is -0.181. The summed E-state index contributed by atoms with van der Waals surface area (Å²) in [6.45, 7) is 3.41. The van der Waals surface area contributed by atoms with Crippen LogP contribution in [0.3, 0.4) is 0 Å². The Bertz CT molecular complexity index is 399. The minimum Gasteiger partial charge on any atom is -0.379 e. The van der Waals surface area contributed by atoms with Crippen molar-refractivity contribution >= 4 is 0 Å². The molecule has 2 atom stereocenters. The van der Waals surface area contributed by atoms with Crippen LogP contribution in [0, 0.1) is 0 Å². The molecule has 2 aliphatic rings. The Hall–Kier alpha value is -0.940. The van der Waals surface area contributed by atoms with Crippen LogP contribution >= 0.6 is 0 Å². The van der Waals surface area contributed by atoms with Gasteiger partial charge in [-0.2, -0.15) is 0 Å². The average molecular weight is 236 g/mol. The number of rotatable bonds is 2. The molecule has 0 aromatic carbocycles. The van der Waals surface area contributed by atoms with E-state index >= 15 is 0 Å². The van der Waals surface area contributed by atoms with Crippen molar-refractivity contribution in [1.29, 1.82) is 0 Å². The van der Waals surface area contributed by atoms with Crippen LogP contribution < -0.4 is 5.73 Å². The summed E-state index contributed by atoms with van der Waals surface area (Å²) < 4.78 is 7.75. The molecular weight excluding hydrogens is 216 g/mol. The first-order chi connectivity index (χ1) is 8.22. The molecule has 1 aromatic heterocycles. The number of nitrogens with zero attached hydrogens (tertiary/aromatic N) is 3. The lowest BCUT2D eigenvalue weighted by molar-refractivity contribution is 0.176. The van der Waals surface area contributed by atoms with E-state index in [2.05, 4.69) is 21.7 Å². The fourth-order valence-corrected chi connectivity index (χ4v) is 3.02. The third-order valence-electron chi connectivity index (χ3n) is 4.32. The van der Waals surface area contributed by atoms with Gasteiger partial charge >= 0.3 is 0 Å². The summed E-state index contributed by atoms with van der Waals surface area (Å²) in [5.74, 6) is 1.01. The maximum Gasteiger partial charge on any atom is 0.143 e. The predicted molar refractivity (Wildman–Crippen MR) is 63.7 cm³/mol. The first-order valence-electron chi connectivity index (χ1n) is 6.45. The van der Waals surface area contributed by atoms with Gasteiger partial charge in [0, 0.05) is 12.1 Å². The quantitative estimate of drug-likeness (QED) is 0.832. The molecule has 94 valence electrons. The van der Waals surface area contributed by atoms with E-state index in [-0.39, 0.29) is 11.5 Å². The molecule has 0 bridgehead atoms. The first-order valence-corrected chi connectivity index (χ1v) is 6.45. The summed E-state index contributed by atoms with van der Waals surface area (Å²) in [5, 5.41) is 8.41. The Morgan fingerprint density at radius 2 is 2.24 bits per heavy atom. The zero-order chi connectivity index (χ0) is 11.9. The van der Waals surface area contributed by atoms with Crippen molar-refractivity contribution in [2.45, 2.75) is 50.1 Å². The lowest BCUT2D eigenvalue weighted by Crippen LogP contribution is -2.44. The third kappa shape index (κ3) is 1.68. The second kappa shape index (κ2) is 4.07. The number of nitrogens with two attached hydrogens (primary N) is 1. The molecule has 1 saturated heterocycles. The van der Waals surface area contributed by atoms with Gasteiger partial charge in [-0.3, -0.25) is 0 Å². The lowest BCUT2D eigenvalue weighted by atomic mass is 9.84. The SMILES string of the molecule is CC1(c2nncn2C2CCCC2)COCC1N. The molecule has 5 nitrogen and oxygen atoms in total. The van der Waals surface area contributed by atoms with E-state index in [9.17, 15) is 0 Å². The van der Waals surface area contributed by atoms with Gasteiger partial charge in [0.1, 0.15) is 12.2 Å². The monoisotopic (exact) mass is 236 g/mol. The Labute approximate surface area is 101 Å². The minimum absolute atomic E-state index is 0.0202. The first kappa shape index (κ1) is 11.2. The molecule has 1 aliphatic carbocycles. The normalized spacial score (nSPS) is 34.6. The van der Waals surface area contributed by atoms with Crippen molar-refractivity contribution in [2.24, 2.45) is 5.73 Å². The van der Waals surface area contributed by atoms with Gasteiger partial charge in [0.2, 0.25) is 0 Å². The average Bonchev–Trinajstić information content (AvgIpc) is 3.00. The molecule has 0 spiro atoms. The van der Waals surface area contributed by atoms with E-state index in [1.54, 1.807) is 0 Å². The van der Waals surface area contributed by atoms with Crippen LogP contribution in [0.1, 0.15) is 44.5 Å². The highest BCUT2D eigenvalue weighted by atomic mass is 16.5. The van der Waals surface area contributed by atoms with Crippen molar-refractivity contribution in [2.75, 3.05) is 13.2 Å². The predicted octanol–water partition coefficient (Wildman–Crippen LogP) is 1.01. The maximum absolute atomic E-state index is 6.17. The van der Waals surface area contributed by atoms with Gasteiger partial charge in [-0.25, -0.2) is 0 Å². The highest BCUT2D eigenvalue weighted by molar-refractivity contribution is 5.15. The molecule has 2 heterocycles. The molecule has 1 saturated carbocycles. The van der Waals surface area contributed by atoms with Crippen LogP contribution in [0.15, 0.2) is 6.33 Å². The van der Waals surface area contributed by atoms with Crippen LogP contribution in [0.25, 0.3) is 0 Å². The number of hydrogen-bond acceptors (Lipinski definition) is 4. The Balaban J connectivity index is 1.95. The van der Waals surface area contributed by atoms with Gasteiger partial charge in [-0.15, -0.1) is 10.2 Å². The van der Waals surface area contributed by atoms with Gasteiger partial charge in [0.25, 0.3) is 0 Å². The zero-order valence-electron chi connectivity index (χ0n) is 10.3. The van der Waals surface area contributed by atoms with Crippen molar-refractivity contribution in [3.05, 3.63) is 12.2 Å².